The summed E-state index contributed by atoms with van der Waals surface area (Å²) < 4.78 is 13.5. The van der Waals surface area contributed by atoms with Crippen molar-refractivity contribution in [3.8, 4) is 0 Å². The summed E-state index contributed by atoms with van der Waals surface area (Å²) in [5.74, 6) is -0.182. The van der Waals surface area contributed by atoms with Gasteiger partial charge in [0.25, 0.3) is 0 Å². The molecule has 0 heterocycles. The van der Waals surface area contributed by atoms with E-state index in [1.54, 1.807) is 6.07 Å². The van der Waals surface area contributed by atoms with Gasteiger partial charge in [-0.15, -0.1) is 6.58 Å². The van der Waals surface area contributed by atoms with Gasteiger partial charge >= 0.3 is 0 Å². The van der Waals surface area contributed by atoms with Crippen molar-refractivity contribution in [3.05, 3.63) is 42.2 Å². The summed E-state index contributed by atoms with van der Waals surface area (Å²) in [6.07, 6.45) is 2.94. The molecule has 1 unspecified atom stereocenters. The molecule has 1 aromatic rings. The molecule has 0 saturated carbocycles. The smallest absolute Gasteiger partial charge is 0.123 e. The van der Waals surface area contributed by atoms with Crippen LogP contribution in [0.25, 0.3) is 0 Å². The summed E-state index contributed by atoms with van der Waals surface area (Å²) in [7, 11) is 0. The first-order valence-corrected chi connectivity index (χ1v) is 7.02. The second kappa shape index (κ2) is 7.95. The number of nitrogens with zero attached hydrogens (tertiary/aromatic N) is 1. The summed E-state index contributed by atoms with van der Waals surface area (Å²) in [5.41, 5.74) is 2.09. The van der Waals surface area contributed by atoms with Crippen LogP contribution in [0.15, 0.2) is 30.9 Å². The number of hydrogen-bond acceptors (Lipinski definition) is 2. The number of likely N-dealkylation sites (N-methyl/N-ethyl adjacent to an activating group) is 1. The van der Waals surface area contributed by atoms with E-state index >= 15 is 0 Å². The van der Waals surface area contributed by atoms with Gasteiger partial charge in [-0.05, 0) is 50.6 Å². The predicted molar refractivity (Wildman–Crippen MR) is 81.2 cm³/mol. The second-order valence-electron chi connectivity index (χ2n) is 4.71. The van der Waals surface area contributed by atoms with Crippen LogP contribution in [-0.4, -0.2) is 19.6 Å². The molecule has 1 aromatic carbocycles. The first kappa shape index (κ1) is 15.7. The Balaban J connectivity index is 3.05. The Bertz CT molecular complexity index is 404. The van der Waals surface area contributed by atoms with Crippen LogP contribution in [0.2, 0.25) is 0 Å². The van der Waals surface area contributed by atoms with Gasteiger partial charge in [0.1, 0.15) is 5.82 Å². The van der Waals surface area contributed by atoms with Crippen LogP contribution in [-0.2, 0) is 0 Å². The van der Waals surface area contributed by atoms with E-state index in [2.05, 4.69) is 37.6 Å². The molecule has 1 atom stereocenters. The number of nitrogens with one attached hydrogen (secondary N) is 1. The van der Waals surface area contributed by atoms with Crippen molar-refractivity contribution < 1.29 is 4.39 Å². The van der Waals surface area contributed by atoms with Crippen molar-refractivity contribution in [2.45, 2.75) is 33.2 Å². The van der Waals surface area contributed by atoms with Crippen LogP contribution in [0.4, 0.5) is 10.1 Å². The fourth-order valence-electron chi connectivity index (χ4n) is 2.18. The van der Waals surface area contributed by atoms with Gasteiger partial charge in [0.15, 0.2) is 0 Å². The molecule has 106 valence electrons. The summed E-state index contributed by atoms with van der Waals surface area (Å²) >= 11 is 0. The van der Waals surface area contributed by atoms with E-state index in [4.69, 9.17) is 0 Å². The molecule has 0 radical (unpaired) electrons. The number of halogens is 1. The normalized spacial score (nSPS) is 12.2. The van der Waals surface area contributed by atoms with Gasteiger partial charge in [0, 0.05) is 24.8 Å². The maximum Gasteiger partial charge on any atom is 0.123 e. The van der Waals surface area contributed by atoms with Crippen molar-refractivity contribution in [1.82, 2.24) is 5.32 Å². The van der Waals surface area contributed by atoms with Gasteiger partial charge in [0.05, 0.1) is 0 Å². The lowest BCUT2D eigenvalue weighted by atomic mass is 10.0. The van der Waals surface area contributed by atoms with E-state index in [9.17, 15) is 4.39 Å². The fraction of sp³-hybridized carbons (Fsp3) is 0.500. The first-order valence-electron chi connectivity index (χ1n) is 7.02. The van der Waals surface area contributed by atoms with E-state index in [0.717, 1.165) is 37.3 Å². The molecule has 0 amide bonds. The Labute approximate surface area is 116 Å². The summed E-state index contributed by atoms with van der Waals surface area (Å²) in [5, 5.41) is 3.42. The molecule has 3 heteroatoms. The average Bonchev–Trinajstić information content (AvgIpc) is 2.42. The van der Waals surface area contributed by atoms with E-state index in [0.29, 0.717) is 0 Å². The predicted octanol–water partition coefficient (Wildman–Crippen LogP) is 3.90. The largest absolute Gasteiger partial charge is 0.368 e. The third-order valence-electron chi connectivity index (χ3n) is 3.23. The Morgan fingerprint density at radius 3 is 2.74 bits per heavy atom. The molecule has 0 aliphatic heterocycles. The Kier molecular flexibility index (Phi) is 6.57. The third kappa shape index (κ3) is 4.35. The zero-order valence-electron chi connectivity index (χ0n) is 12.2. The lowest BCUT2D eigenvalue weighted by molar-refractivity contribution is 0.561. The zero-order chi connectivity index (χ0) is 14.3. The van der Waals surface area contributed by atoms with Crippen molar-refractivity contribution in [3.63, 3.8) is 0 Å². The first-order chi connectivity index (χ1) is 9.13. The topological polar surface area (TPSA) is 15.3 Å². The molecule has 0 fully saturated rings. The molecule has 0 aromatic heterocycles. The van der Waals surface area contributed by atoms with E-state index in [-0.39, 0.29) is 11.9 Å². The van der Waals surface area contributed by atoms with Crippen molar-refractivity contribution in [1.29, 1.82) is 0 Å². The van der Waals surface area contributed by atoms with Crippen LogP contribution < -0.4 is 10.2 Å². The highest BCUT2D eigenvalue weighted by atomic mass is 19.1. The molecule has 2 nitrogen and oxygen atoms in total. The summed E-state index contributed by atoms with van der Waals surface area (Å²) in [4.78, 5) is 2.20. The maximum absolute atomic E-state index is 13.5. The second-order valence-corrected chi connectivity index (χ2v) is 4.71. The lowest BCUT2D eigenvalue weighted by Gasteiger charge is -2.27. The highest BCUT2D eigenvalue weighted by Crippen LogP contribution is 2.27. The minimum atomic E-state index is -0.182. The fourth-order valence-corrected chi connectivity index (χ4v) is 2.18. The summed E-state index contributed by atoms with van der Waals surface area (Å²) in [6.45, 7) is 12.7. The van der Waals surface area contributed by atoms with Crippen LogP contribution in [0, 0.1) is 5.82 Å². The number of hydrogen-bond donors (Lipinski definition) is 1. The molecule has 0 saturated heterocycles. The minimum Gasteiger partial charge on any atom is -0.368 e. The monoisotopic (exact) mass is 264 g/mol. The molecular weight excluding hydrogens is 239 g/mol. The van der Waals surface area contributed by atoms with Crippen LogP contribution in [0.1, 0.15) is 38.8 Å². The SMILES string of the molecule is C=CCN(CC)c1ccc(F)cc1C(C)NCCC. The van der Waals surface area contributed by atoms with E-state index < -0.39 is 0 Å². The minimum absolute atomic E-state index is 0.143. The van der Waals surface area contributed by atoms with Crippen LogP contribution in [0.5, 0.6) is 0 Å². The maximum atomic E-state index is 13.5. The molecule has 0 spiro atoms. The third-order valence-corrected chi connectivity index (χ3v) is 3.23. The van der Waals surface area contributed by atoms with Gasteiger partial charge in [0.2, 0.25) is 0 Å². The Morgan fingerprint density at radius 2 is 2.16 bits per heavy atom. The van der Waals surface area contributed by atoms with Gasteiger partial charge in [-0.25, -0.2) is 4.39 Å². The van der Waals surface area contributed by atoms with Gasteiger partial charge in [-0.3, -0.25) is 0 Å². The number of rotatable bonds is 8. The van der Waals surface area contributed by atoms with E-state index in [1.807, 2.05) is 12.1 Å². The summed E-state index contributed by atoms with van der Waals surface area (Å²) in [6, 6.07) is 5.16. The number of benzene rings is 1. The lowest BCUT2D eigenvalue weighted by Crippen LogP contribution is -2.27. The molecule has 0 aliphatic carbocycles. The van der Waals surface area contributed by atoms with E-state index in [1.165, 1.54) is 6.07 Å². The van der Waals surface area contributed by atoms with Crippen molar-refractivity contribution in [2.75, 3.05) is 24.5 Å². The molecule has 0 bridgehead atoms. The average molecular weight is 264 g/mol. The molecule has 1 N–H and O–H groups in total. The quantitative estimate of drug-likeness (QED) is 0.716. The molecular formula is C16H25FN2. The molecule has 19 heavy (non-hydrogen) atoms. The standard InChI is InChI=1S/C16H25FN2/c1-5-10-18-13(4)15-12-14(17)8-9-16(15)19(7-3)11-6-2/h6,8-9,12-13,18H,2,5,7,10-11H2,1,3-4H3. The van der Waals surface area contributed by atoms with Gasteiger partial charge < -0.3 is 10.2 Å². The van der Waals surface area contributed by atoms with Gasteiger partial charge in [-0.1, -0.05) is 13.0 Å². The Morgan fingerprint density at radius 1 is 1.42 bits per heavy atom. The van der Waals surface area contributed by atoms with Gasteiger partial charge in [-0.2, -0.15) is 0 Å². The van der Waals surface area contributed by atoms with Crippen LogP contribution in [0.3, 0.4) is 0 Å². The van der Waals surface area contributed by atoms with Crippen molar-refractivity contribution >= 4 is 5.69 Å². The van der Waals surface area contributed by atoms with Crippen molar-refractivity contribution in [2.24, 2.45) is 0 Å². The molecule has 0 aliphatic rings. The zero-order valence-corrected chi connectivity index (χ0v) is 12.2. The highest BCUT2D eigenvalue weighted by molar-refractivity contribution is 5.55. The highest BCUT2D eigenvalue weighted by Gasteiger charge is 2.14. The molecule has 1 rings (SSSR count). The van der Waals surface area contributed by atoms with Crippen LogP contribution >= 0.6 is 0 Å². The Hall–Kier alpha value is -1.35. The number of anilines is 1.